The summed E-state index contributed by atoms with van der Waals surface area (Å²) in [5.41, 5.74) is 6.39. The van der Waals surface area contributed by atoms with Gasteiger partial charge in [0.25, 0.3) is 5.91 Å². The first-order valence-corrected chi connectivity index (χ1v) is 8.89. The van der Waals surface area contributed by atoms with Crippen LogP contribution in [0.5, 0.6) is 0 Å². The summed E-state index contributed by atoms with van der Waals surface area (Å²) in [4.78, 5) is 30.2. The van der Waals surface area contributed by atoms with Crippen LogP contribution in [0.2, 0.25) is 0 Å². The predicted octanol–water partition coefficient (Wildman–Crippen LogP) is 4.43. The Bertz CT molecular complexity index is 828. The lowest BCUT2D eigenvalue weighted by molar-refractivity contribution is 0.0729. The van der Waals surface area contributed by atoms with Crippen molar-refractivity contribution in [1.82, 2.24) is 9.88 Å². The molecule has 0 radical (unpaired) electrons. The highest BCUT2D eigenvalue weighted by Crippen LogP contribution is 2.34. The van der Waals surface area contributed by atoms with Crippen LogP contribution in [0.4, 0.5) is 0 Å². The molecule has 1 saturated heterocycles. The van der Waals surface area contributed by atoms with Crippen molar-refractivity contribution in [2.24, 2.45) is 0 Å². The molecule has 0 saturated carbocycles. The summed E-state index contributed by atoms with van der Waals surface area (Å²) in [5.74, 6) is -0.00709. The molecule has 4 heteroatoms. The van der Waals surface area contributed by atoms with Crippen LogP contribution in [0.1, 0.15) is 74.6 Å². The van der Waals surface area contributed by atoms with E-state index in [1.807, 2.05) is 18.7 Å². The number of aryl methyl sites for hydroxylation is 3. The summed E-state index contributed by atoms with van der Waals surface area (Å²) in [6.45, 7) is 10.2. The van der Waals surface area contributed by atoms with Gasteiger partial charge in [-0.2, -0.15) is 0 Å². The van der Waals surface area contributed by atoms with E-state index in [0.29, 0.717) is 11.3 Å². The van der Waals surface area contributed by atoms with Gasteiger partial charge in [0, 0.05) is 17.8 Å². The molecule has 1 aromatic heterocycles. The molecule has 1 amide bonds. The van der Waals surface area contributed by atoms with Crippen LogP contribution in [0.15, 0.2) is 18.2 Å². The number of nitrogens with one attached hydrogen (secondary N) is 1. The molecule has 1 unspecified atom stereocenters. The Morgan fingerprint density at radius 3 is 2.28 bits per heavy atom. The van der Waals surface area contributed by atoms with Crippen LogP contribution in [0, 0.1) is 27.7 Å². The number of Topliss-reactive ketones (excluding diaryl/α,β-unsaturated/α-hetero) is 1. The SMILES string of the molecule is CC(=O)c1c(C)[nH]c(C(=O)N2CCCC2c2cc(C)cc(C)c2)c1C. The minimum atomic E-state index is -0.00485. The Balaban J connectivity index is 1.96. The van der Waals surface area contributed by atoms with Crippen molar-refractivity contribution in [3.63, 3.8) is 0 Å². The predicted molar refractivity (Wildman–Crippen MR) is 99.2 cm³/mol. The first-order valence-electron chi connectivity index (χ1n) is 8.89. The van der Waals surface area contributed by atoms with Gasteiger partial charge in [-0.3, -0.25) is 9.59 Å². The number of rotatable bonds is 3. The second-order valence-corrected chi connectivity index (χ2v) is 7.26. The fourth-order valence-electron chi connectivity index (χ4n) is 4.19. The first kappa shape index (κ1) is 17.5. The van der Waals surface area contributed by atoms with Gasteiger partial charge in [-0.1, -0.05) is 29.3 Å². The van der Waals surface area contributed by atoms with E-state index >= 15 is 0 Å². The van der Waals surface area contributed by atoms with E-state index < -0.39 is 0 Å². The third kappa shape index (κ3) is 3.13. The zero-order valence-electron chi connectivity index (χ0n) is 15.7. The fourth-order valence-corrected chi connectivity index (χ4v) is 4.19. The largest absolute Gasteiger partial charge is 0.354 e. The van der Waals surface area contributed by atoms with Gasteiger partial charge in [0.2, 0.25) is 0 Å². The number of H-pyrrole nitrogens is 1. The van der Waals surface area contributed by atoms with Crippen LogP contribution in [0.25, 0.3) is 0 Å². The zero-order chi connectivity index (χ0) is 18.3. The lowest BCUT2D eigenvalue weighted by atomic mass is 9.99. The van der Waals surface area contributed by atoms with Crippen LogP contribution < -0.4 is 0 Å². The molecule has 1 atom stereocenters. The third-order valence-corrected chi connectivity index (χ3v) is 5.15. The fraction of sp³-hybridized carbons (Fsp3) is 0.429. The molecule has 0 spiro atoms. The Kier molecular flexibility index (Phi) is 4.55. The second-order valence-electron chi connectivity index (χ2n) is 7.26. The van der Waals surface area contributed by atoms with Gasteiger partial charge in [0.1, 0.15) is 5.69 Å². The number of carbonyl (C=O) groups is 2. The summed E-state index contributed by atoms with van der Waals surface area (Å²) in [5, 5.41) is 0. The number of hydrogen-bond donors (Lipinski definition) is 1. The van der Waals surface area contributed by atoms with Gasteiger partial charge < -0.3 is 9.88 Å². The highest BCUT2D eigenvalue weighted by molar-refractivity contribution is 6.02. The number of aromatic amines is 1. The number of carbonyl (C=O) groups excluding carboxylic acids is 2. The number of benzene rings is 1. The number of hydrogen-bond acceptors (Lipinski definition) is 2. The van der Waals surface area contributed by atoms with Gasteiger partial charge in [-0.15, -0.1) is 0 Å². The molecule has 0 aliphatic carbocycles. The minimum Gasteiger partial charge on any atom is -0.354 e. The van der Waals surface area contributed by atoms with Crippen molar-refractivity contribution >= 4 is 11.7 Å². The lowest BCUT2D eigenvalue weighted by Gasteiger charge is -2.25. The Morgan fingerprint density at radius 2 is 1.72 bits per heavy atom. The van der Waals surface area contributed by atoms with E-state index in [2.05, 4.69) is 37.0 Å². The van der Waals surface area contributed by atoms with E-state index in [9.17, 15) is 9.59 Å². The quantitative estimate of drug-likeness (QED) is 0.842. The van der Waals surface area contributed by atoms with E-state index in [-0.39, 0.29) is 17.7 Å². The second kappa shape index (κ2) is 6.51. The molecule has 1 fully saturated rings. The molecule has 3 rings (SSSR count). The lowest BCUT2D eigenvalue weighted by Crippen LogP contribution is -2.31. The third-order valence-electron chi connectivity index (χ3n) is 5.15. The number of ketones is 1. The van der Waals surface area contributed by atoms with Crippen LogP contribution in [-0.4, -0.2) is 28.1 Å². The molecule has 1 N–H and O–H groups in total. The standard InChI is InChI=1S/C21H26N2O2/c1-12-9-13(2)11-17(10-12)18-7-6-8-23(18)21(25)20-14(3)19(16(5)24)15(4)22-20/h9-11,18,22H,6-8H2,1-5H3. The van der Waals surface area contributed by atoms with Crippen molar-refractivity contribution in [2.75, 3.05) is 6.54 Å². The zero-order valence-corrected chi connectivity index (χ0v) is 15.7. The molecule has 0 bridgehead atoms. The molecule has 25 heavy (non-hydrogen) atoms. The molecule has 4 nitrogen and oxygen atoms in total. The number of amides is 1. The van der Waals surface area contributed by atoms with Crippen molar-refractivity contribution < 1.29 is 9.59 Å². The van der Waals surface area contributed by atoms with Gasteiger partial charge in [0.15, 0.2) is 5.78 Å². The van der Waals surface area contributed by atoms with Crippen LogP contribution in [0.3, 0.4) is 0 Å². The maximum atomic E-state index is 13.2. The Labute approximate surface area is 149 Å². The molecule has 1 aromatic carbocycles. The molecular formula is C21H26N2O2. The molecule has 2 aromatic rings. The molecule has 2 heterocycles. The number of likely N-dealkylation sites (tertiary alicyclic amines) is 1. The van der Waals surface area contributed by atoms with E-state index in [4.69, 9.17) is 0 Å². The van der Waals surface area contributed by atoms with E-state index in [1.54, 1.807) is 6.92 Å². The van der Waals surface area contributed by atoms with Crippen LogP contribution >= 0.6 is 0 Å². The first-order chi connectivity index (χ1) is 11.8. The van der Waals surface area contributed by atoms with E-state index in [1.165, 1.54) is 16.7 Å². The summed E-state index contributed by atoms with van der Waals surface area (Å²) in [6.07, 6.45) is 1.98. The number of nitrogens with zero attached hydrogens (tertiary/aromatic N) is 1. The average molecular weight is 338 g/mol. The average Bonchev–Trinajstić information content (AvgIpc) is 3.10. The van der Waals surface area contributed by atoms with Gasteiger partial charge in [-0.25, -0.2) is 0 Å². The van der Waals surface area contributed by atoms with Crippen molar-refractivity contribution in [3.05, 3.63) is 57.4 Å². The summed E-state index contributed by atoms with van der Waals surface area (Å²) in [6, 6.07) is 6.62. The molecule has 132 valence electrons. The Morgan fingerprint density at radius 1 is 1.08 bits per heavy atom. The normalized spacial score (nSPS) is 17.2. The summed E-state index contributed by atoms with van der Waals surface area (Å²) in [7, 11) is 0. The van der Waals surface area contributed by atoms with Gasteiger partial charge >= 0.3 is 0 Å². The van der Waals surface area contributed by atoms with Crippen molar-refractivity contribution in [2.45, 2.75) is 53.5 Å². The highest BCUT2D eigenvalue weighted by Gasteiger charge is 2.33. The van der Waals surface area contributed by atoms with Gasteiger partial charge in [-0.05, 0) is 58.6 Å². The molecular weight excluding hydrogens is 312 g/mol. The van der Waals surface area contributed by atoms with Crippen LogP contribution in [-0.2, 0) is 0 Å². The maximum Gasteiger partial charge on any atom is 0.271 e. The van der Waals surface area contributed by atoms with Gasteiger partial charge in [0.05, 0.1) is 6.04 Å². The molecule has 1 aliphatic heterocycles. The smallest absolute Gasteiger partial charge is 0.271 e. The highest BCUT2D eigenvalue weighted by atomic mass is 16.2. The summed E-state index contributed by atoms with van der Waals surface area (Å²) < 4.78 is 0. The minimum absolute atomic E-state index is 0.00224. The van der Waals surface area contributed by atoms with E-state index in [0.717, 1.165) is 30.6 Å². The molecule has 1 aliphatic rings. The monoisotopic (exact) mass is 338 g/mol. The summed E-state index contributed by atoms with van der Waals surface area (Å²) >= 11 is 0. The topological polar surface area (TPSA) is 53.2 Å². The maximum absolute atomic E-state index is 13.2. The Hall–Kier alpha value is -2.36. The number of aromatic nitrogens is 1. The van der Waals surface area contributed by atoms with Crippen molar-refractivity contribution in [1.29, 1.82) is 0 Å². The van der Waals surface area contributed by atoms with Crippen molar-refractivity contribution in [3.8, 4) is 0 Å².